The van der Waals surface area contributed by atoms with E-state index >= 15 is 0 Å². The van der Waals surface area contributed by atoms with Gasteiger partial charge in [0, 0.05) is 22.5 Å². The number of halogens is 1. The van der Waals surface area contributed by atoms with Crippen LogP contribution in [0.3, 0.4) is 0 Å². The molecule has 0 radical (unpaired) electrons. The van der Waals surface area contributed by atoms with Crippen molar-refractivity contribution in [3.63, 3.8) is 0 Å². The Kier molecular flexibility index (Phi) is 8.04. The summed E-state index contributed by atoms with van der Waals surface area (Å²) in [6.45, 7) is 2.84. The molecule has 0 saturated heterocycles. The van der Waals surface area contributed by atoms with Crippen molar-refractivity contribution in [2.24, 2.45) is 0 Å². The van der Waals surface area contributed by atoms with E-state index in [0.717, 1.165) is 29.2 Å². The quantitative estimate of drug-likeness (QED) is 0.200. The number of thioether (sulfide) groups is 1. The molecule has 0 aliphatic rings. The number of aromatic nitrogens is 3. The number of nitrogens with zero attached hydrogens (tertiary/aromatic N) is 3. The molecule has 34 heavy (non-hydrogen) atoms. The first-order valence-corrected chi connectivity index (χ1v) is 13.5. The summed E-state index contributed by atoms with van der Waals surface area (Å²) in [5.41, 5.74) is 1.81. The van der Waals surface area contributed by atoms with Crippen molar-refractivity contribution >= 4 is 62.9 Å². The summed E-state index contributed by atoms with van der Waals surface area (Å²) in [5, 5.41) is 17.0. The van der Waals surface area contributed by atoms with Crippen LogP contribution < -0.4 is 5.32 Å². The fraction of sp³-hybridized carbons (Fsp3) is 0.217. The molecule has 0 atom stereocenters. The predicted molar refractivity (Wildman–Crippen MR) is 139 cm³/mol. The summed E-state index contributed by atoms with van der Waals surface area (Å²) < 4.78 is 7.01. The summed E-state index contributed by atoms with van der Waals surface area (Å²) in [4.78, 5) is 26.4. The Morgan fingerprint density at radius 2 is 1.97 bits per heavy atom. The lowest BCUT2D eigenvalue weighted by atomic mass is 10.0. The molecule has 7 nitrogen and oxygen atoms in total. The number of thiophene rings is 2. The van der Waals surface area contributed by atoms with Crippen molar-refractivity contribution in [3.05, 3.63) is 57.7 Å². The fourth-order valence-corrected chi connectivity index (χ4v) is 5.88. The highest BCUT2D eigenvalue weighted by atomic mass is 35.5. The minimum Gasteiger partial charge on any atom is -0.465 e. The second kappa shape index (κ2) is 11.2. The molecule has 1 aromatic carbocycles. The van der Waals surface area contributed by atoms with Gasteiger partial charge in [-0.3, -0.25) is 4.79 Å². The van der Waals surface area contributed by atoms with Crippen LogP contribution in [-0.2, 0) is 16.1 Å². The maximum atomic E-state index is 12.8. The van der Waals surface area contributed by atoms with Gasteiger partial charge in [-0.2, -0.15) is 0 Å². The standard InChI is InChI=1S/C23H21ClN4O3S3/c1-3-10-28-20(17-5-4-11-32-17)26-27-23(28)34-13-18(29)25-21-19(22(30)31-2)16(12-33-21)14-6-8-15(24)9-7-14/h4-9,11-12H,3,10,13H2,1-2H3,(H,25,29). The van der Waals surface area contributed by atoms with E-state index in [1.165, 1.54) is 30.2 Å². The van der Waals surface area contributed by atoms with Gasteiger partial charge in [0.15, 0.2) is 11.0 Å². The Labute approximate surface area is 214 Å². The molecular formula is C23H21ClN4O3S3. The Hall–Kier alpha value is -2.66. The fourth-order valence-electron chi connectivity index (χ4n) is 3.30. The second-order valence-electron chi connectivity index (χ2n) is 7.12. The van der Waals surface area contributed by atoms with E-state index in [2.05, 4.69) is 22.4 Å². The molecule has 3 heterocycles. The number of anilines is 1. The van der Waals surface area contributed by atoms with Crippen LogP contribution in [0.25, 0.3) is 21.8 Å². The van der Waals surface area contributed by atoms with Crippen molar-refractivity contribution in [3.8, 4) is 21.8 Å². The Balaban J connectivity index is 1.51. The molecule has 4 aromatic rings. The lowest BCUT2D eigenvalue weighted by Gasteiger charge is -2.09. The summed E-state index contributed by atoms with van der Waals surface area (Å²) in [5.74, 6) is 0.167. The van der Waals surface area contributed by atoms with Crippen LogP contribution >= 0.6 is 46.0 Å². The van der Waals surface area contributed by atoms with Gasteiger partial charge in [0.05, 0.1) is 17.7 Å². The molecule has 0 aliphatic carbocycles. The molecule has 0 spiro atoms. The maximum absolute atomic E-state index is 12.8. The van der Waals surface area contributed by atoms with Crippen molar-refractivity contribution in [1.82, 2.24) is 14.8 Å². The number of benzene rings is 1. The molecule has 11 heteroatoms. The van der Waals surface area contributed by atoms with E-state index in [-0.39, 0.29) is 11.7 Å². The molecule has 176 valence electrons. The van der Waals surface area contributed by atoms with Crippen LogP contribution in [0.15, 0.2) is 52.3 Å². The minimum atomic E-state index is -0.516. The first kappa shape index (κ1) is 24.5. The highest BCUT2D eigenvalue weighted by molar-refractivity contribution is 7.99. The number of carbonyl (C=O) groups excluding carboxylic acids is 2. The molecule has 0 bridgehead atoms. The second-order valence-corrected chi connectivity index (χ2v) is 10.3. The van der Waals surface area contributed by atoms with Gasteiger partial charge in [-0.25, -0.2) is 4.79 Å². The van der Waals surface area contributed by atoms with E-state index in [1.54, 1.807) is 23.5 Å². The predicted octanol–water partition coefficient (Wildman–Crippen LogP) is 6.32. The number of esters is 1. The Bertz CT molecular complexity index is 1280. The molecule has 1 N–H and O–H groups in total. The molecular weight excluding hydrogens is 512 g/mol. The summed E-state index contributed by atoms with van der Waals surface area (Å²) >= 11 is 10.2. The van der Waals surface area contributed by atoms with E-state index in [4.69, 9.17) is 16.3 Å². The van der Waals surface area contributed by atoms with E-state index in [0.29, 0.717) is 26.3 Å². The van der Waals surface area contributed by atoms with Crippen molar-refractivity contribution in [1.29, 1.82) is 0 Å². The normalized spacial score (nSPS) is 10.9. The van der Waals surface area contributed by atoms with Crippen LogP contribution in [0, 0.1) is 0 Å². The van der Waals surface area contributed by atoms with Gasteiger partial charge < -0.3 is 14.6 Å². The number of carbonyl (C=O) groups is 2. The number of hydrogen-bond acceptors (Lipinski definition) is 8. The van der Waals surface area contributed by atoms with Crippen molar-refractivity contribution < 1.29 is 14.3 Å². The van der Waals surface area contributed by atoms with Crippen molar-refractivity contribution in [2.45, 2.75) is 25.0 Å². The van der Waals surface area contributed by atoms with Crippen LogP contribution in [0.1, 0.15) is 23.7 Å². The highest BCUT2D eigenvalue weighted by Crippen LogP contribution is 2.37. The van der Waals surface area contributed by atoms with Crippen LogP contribution in [0.4, 0.5) is 5.00 Å². The Morgan fingerprint density at radius 1 is 1.18 bits per heavy atom. The van der Waals surface area contributed by atoms with Gasteiger partial charge >= 0.3 is 5.97 Å². The largest absolute Gasteiger partial charge is 0.465 e. The van der Waals surface area contributed by atoms with Crippen molar-refractivity contribution in [2.75, 3.05) is 18.2 Å². The molecule has 1 amide bonds. The monoisotopic (exact) mass is 532 g/mol. The maximum Gasteiger partial charge on any atom is 0.341 e. The third-order valence-electron chi connectivity index (χ3n) is 4.83. The lowest BCUT2D eigenvalue weighted by molar-refractivity contribution is -0.113. The third kappa shape index (κ3) is 5.35. The number of nitrogens with one attached hydrogen (secondary N) is 1. The van der Waals surface area contributed by atoms with E-state index in [1.807, 2.05) is 39.6 Å². The molecule has 0 saturated carbocycles. The van der Waals surface area contributed by atoms with Crippen LogP contribution in [-0.4, -0.2) is 39.5 Å². The van der Waals surface area contributed by atoms with Gasteiger partial charge in [0.2, 0.25) is 5.91 Å². The number of ether oxygens (including phenoxy) is 1. The summed E-state index contributed by atoms with van der Waals surface area (Å²) in [7, 11) is 1.32. The van der Waals surface area contributed by atoms with Crippen LogP contribution in [0.2, 0.25) is 5.02 Å². The highest BCUT2D eigenvalue weighted by Gasteiger charge is 2.23. The average molecular weight is 533 g/mol. The zero-order valence-electron chi connectivity index (χ0n) is 18.4. The summed E-state index contributed by atoms with van der Waals surface area (Å²) in [6, 6.07) is 11.1. The van der Waals surface area contributed by atoms with Gasteiger partial charge in [0.25, 0.3) is 0 Å². The van der Waals surface area contributed by atoms with E-state index < -0.39 is 5.97 Å². The minimum absolute atomic E-state index is 0.126. The number of amides is 1. The molecule has 3 aromatic heterocycles. The zero-order valence-corrected chi connectivity index (χ0v) is 21.6. The number of methoxy groups -OCH3 is 1. The lowest BCUT2D eigenvalue weighted by Crippen LogP contribution is -2.16. The van der Waals surface area contributed by atoms with Gasteiger partial charge in [-0.15, -0.1) is 32.9 Å². The average Bonchev–Trinajstić information content (AvgIpc) is 3.58. The topological polar surface area (TPSA) is 86.1 Å². The molecule has 0 fully saturated rings. The smallest absolute Gasteiger partial charge is 0.341 e. The molecule has 0 unspecified atom stereocenters. The number of rotatable bonds is 9. The molecule has 0 aliphatic heterocycles. The van der Waals surface area contributed by atoms with Gasteiger partial charge in [0.1, 0.15) is 10.6 Å². The summed E-state index contributed by atoms with van der Waals surface area (Å²) in [6.07, 6.45) is 0.918. The van der Waals surface area contributed by atoms with E-state index in [9.17, 15) is 9.59 Å². The first-order valence-electron chi connectivity index (χ1n) is 10.4. The Morgan fingerprint density at radius 3 is 2.65 bits per heavy atom. The van der Waals surface area contributed by atoms with Gasteiger partial charge in [-0.05, 0) is 35.6 Å². The number of hydrogen-bond donors (Lipinski definition) is 1. The first-order chi connectivity index (χ1) is 16.5. The zero-order chi connectivity index (χ0) is 24.1. The van der Waals surface area contributed by atoms with Crippen LogP contribution in [0.5, 0.6) is 0 Å². The molecule has 4 rings (SSSR count). The SMILES string of the molecule is CCCn1c(SCC(=O)Nc2scc(-c3ccc(Cl)cc3)c2C(=O)OC)nnc1-c1cccs1. The van der Waals surface area contributed by atoms with Gasteiger partial charge in [-0.1, -0.05) is 48.5 Å². The third-order valence-corrected chi connectivity index (χ3v) is 7.81.